The predicted octanol–water partition coefficient (Wildman–Crippen LogP) is 2.05. The van der Waals surface area contributed by atoms with Gasteiger partial charge in [-0.2, -0.15) is 10.2 Å². The molecule has 1 unspecified atom stereocenters. The smallest absolute Gasteiger partial charge is 0.262 e. The number of piperidine rings is 1. The highest BCUT2D eigenvalue weighted by Crippen LogP contribution is 2.26. The highest BCUT2D eigenvalue weighted by atomic mass is 35.5. The number of halogens is 1. The van der Waals surface area contributed by atoms with E-state index in [-0.39, 0.29) is 23.8 Å². The maximum absolute atomic E-state index is 12.1. The molecule has 2 N–H and O–H groups in total. The number of carbonyl (C=O) groups excluding carboxylic acids is 2. The highest BCUT2D eigenvalue weighted by Gasteiger charge is 2.41. The van der Waals surface area contributed by atoms with Crippen LogP contribution in [0.4, 0.5) is 5.69 Å². The van der Waals surface area contributed by atoms with Crippen LogP contribution in [0.25, 0.3) is 0 Å². The van der Waals surface area contributed by atoms with E-state index >= 15 is 0 Å². The molecule has 7 nitrogen and oxygen atoms in total. The molecule has 0 saturated carbocycles. The summed E-state index contributed by atoms with van der Waals surface area (Å²) in [6, 6.07) is 6.31. The molecule has 2 aliphatic rings. The van der Waals surface area contributed by atoms with Crippen LogP contribution >= 0.6 is 11.6 Å². The summed E-state index contributed by atoms with van der Waals surface area (Å²) in [5.41, 5.74) is 6.35. The summed E-state index contributed by atoms with van der Waals surface area (Å²) in [5.74, 6) is 0.196. The molecular formula is C16H20ClN5O2. The van der Waals surface area contributed by atoms with E-state index in [1.165, 1.54) is 0 Å². The topological polar surface area (TPSA) is 86.2 Å². The molecule has 0 bridgehead atoms. The van der Waals surface area contributed by atoms with Gasteiger partial charge in [0.15, 0.2) is 6.04 Å². The van der Waals surface area contributed by atoms with Crippen LogP contribution in [0.3, 0.4) is 0 Å². The lowest BCUT2D eigenvalue weighted by molar-refractivity contribution is -0.130. The predicted molar refractivity (Wildman–Crippen MR) is 89.8 cm³/mol. The summed E-state index contributed by atoms with van der Waals surface area (Å²) in [6.07, 6.45) is 1.69. The van der Waals surface area contributed by atoms with Gasteiger partial charge in [-0.15, -0.1) is 0 Å². The van der Waals surface area contributed by atoms with Gasteiger partial charge in [0, 0.05) is 25.0 Å². The number of likely N-dealkylation sites (tertiary alicyclic amines) is 1. The lowest BCUT2D eigenvalue weighted by atomic mass is 9.86. The molecule has 2 fully saturated rings. The van der Waals surface area contributed by atoms with E-state index in [0.717, 1.165) is 12.8 Å². The van der Waals surface area contributed by atoms with Gasteiger partial charge >= 0.3 is 0 Å². The van der Waals surface area contributed by atoms with E-state index < -0.39 is 6.04 Å². The average molecular weight is 350 g/mol. The summed E-state index contributed by atoms with van der Waals surface area (Å²) in [6.45, 7) is 3.02. The number of hydrazine groups is 1. The Hall–Kier alpha value is -1.99. The number of amides is 2. The second-order valence-electron chi connectivity index (χ2n) is 6.14. The molecule has 2 saturated heterocycles. The van der Waals surface area contributed by atoms with Crippen molar-refractivity contribution in [3.63, 3.8) is 0 Å². The first kappa shape index (κ1) is 16.9. The van der Waals surface area contributed by atoms with E-state index in [1.54, 1.807) is 31.2 Å². The fourth-order valence-electron chi connectivity index (χ4n) is 3.18. The molecule has 2 heterocycles. The standard InChI is InChI=1S/C16H20ClN5O2/c1-10(23)22-8-6-11(7-9-22)14-15(16(24)21-19-14)20-18-13-4-2-12(17)3-5-13/h2-5,11,14-15,19H,6-9H2,1H3,(H,21,24)/t14?,15-/m0/s1. The van der Waals surface area contributed by atoms with Crippen molar-refractivity contribution in [1.29, 1.82) is 0 Å². The van der Waals surface area contributed by atoms with Crippen LogP contribution in [-0.4, -0.2) is 41.9 Å². The molecule has 24 heavy (non-hydrogen) atoms. The van der Waals surface area contributed by atoms with Gasteiger partial charge in [0.25, 0.3) is 5.91 Å². The molecule has 2 amide bonds. The van der Waals surface area contributed by atoms with E-state index in [9.17, 15) is 9.59 Å². The molecule has 1 aromatic rings. The number of rotatable bonds is 3. The summed E-state index contributed by atoms with van der Waals surface area (Å²) in [7, 11) is 0. The van der Waals surface area contributed by atoms with Gasteiger partial charge in [0.05, 0.1) is 11.7 Å². The van der Waals surface area contributed by atoms with Gasteiger partial charge in [-0.25, -0.2) is 5.43 Å². The molecule has 3 rings (SSSR count). The SMILES string of the molecule is CC(=O)N1CCC(C2NNC(=O)[C@H]2N=Nc2ccc(Cl)cc2)CC1. The van der Waals surface area contributed by atoms with Gasteiger partial charge < -0.3 is 4.90 Å². The second-order valence-corrected chi connectivity index (χ2v) is 6.58. The molecule has 8 heteroatoms. The Morgan fingerprint density at radius 2 is 1.92 bits per heavy atom. The number of azo groups is 1. The third kappa shape index (κ3) is 3.73. The fraction of sp³-hybridized carbons (Fsp3) is 0.500. The fourth-order valence-corrected chi connectivity index (χ4v) is 3.31. The molecule has 0 spiro atoms. The average Bonchev–Trinajstić information content (AvgIpc) is 2.95. The number of benzene rings is 1. The van der Waals surface area contributed by atoms with Crippen molar-refractivity contribution >= 4 is 29.1 Å². The Morgan fingerprint density at radius 3 is 2.54 bits per heavy atom. The zero-order chi connectivity index (χ0) is 17.1. The first-order valence-electron chi connectivity index (χ1n) is 8.02. The van der Waals surface area contributed by atoms with Gasteiger partial charge in [-0.1, -0.05) is 11.6 Å². The minimum absolute atomic E-state index is 0.0982. The summed E-state index contributed by atoms with van der Waals surface area (Å²) in [4.78, 5) is 25.3. The summed E-state index contributed by atoms with van der Waals surface area (Å²) >= 11 is 5.85. The van der Waals surface area contributed by atoms with Crippen LogP contribution in [0.5, 0.6) is 0 Å². The van der Waals surface area contributed by atoms with Crippen molar-refractivity contribution in [2.75, 3.05) is 13.1 Å². The summed E-state index contributed by atoms with van der Waals surface area (Å²) in [5, 5.41) is 9.04. The number of hydrogen-bond donors (Lipinski definition) is 2. The first-order chi connectivity index (χ1) is 11.5. The Kier molecular flexibility index (Phi) is 5.11. The van der Waals surface area contributed by atoms with Crippen LogP contribution < -0.4 is 10.9 Å². The lowest BCUT2D eigenvalue weighted by Gasteiger charge is -2.34. The number of nitrogens with one attached hydrogen (secondary N) is 2. The minimum Gasteiger partial charge on any atom is -0.343 e. The zero-order valence-electron chi connectivity index (χ0n) is 13.4. The third-order valence-corrected chi connectivity index (χ3v) is 4.84. The largest absolute Gasteiger partial charge is 0.343 e. The van der Waals surface area contributed by atoms with Crippen molar-refractivity contribution in [3.05, 3.63) is 29.3 Å². The van der Waals surface area contributed by atoms with Gasteiger partial charge in [-0.05, 0) is 43.0 Å². The van der Waals surface area contributed by atoms with Crippen LogP contribution in [0.2, 0.25) is 5.02 Å². The van der Waals surface area contributed by atoms with Crippen LogP contribution in [0.15, 0.2) is 34.5 Å². The molecule has 128 valence electrons. The Balaban J connectivity index is 1.66. The molecule has 0 aliphatic carbocycles. The number of nitrogens with zero attached hydrogens (tertiary/aromatic N) is 3. The molecular weight excluding hydrogens is 330 g/mol. The maximum Gasteiger partial charge on any atom is 0.262 e. The Bertz CT molecular complexity index is 640. The third-order valence-electron chi connectivity index (χ3n) is 4.59. The zero-order valence-corrected chi connectivity index (χ0v) is 14.2. The number of hydrogen-bond acceptors (Lipinski definition) is 5. The van der Waals surface area contributed by atoms with Crippen LogP contribution in [-0.2, 0) is 9.59 Å². The highest BCUT2D eigenvalue weighted by molar-refractivity contribution is 6.30. The van der Waals surface area contributed by atoms with Gasteiger partial charge in [0.1, 0.15) is 0 Å². The number of carbonyl (C=O) groups is 2. The van der Waals surface area contributed by atoms with E-state index in [2.05, 4.69) is 21.1 Å². The molecule has 2 aliphatic heterocycles. The van der Waals surface area contributed by atoms with Crippen LogP contribution in [0, 0.1) is 5.92 Å². The molecule has 0 aromatic heterocycles. The summed E-state index contributed by atoms with van der Waals surface area (Å²) < 4.78 is 0. The van der Waals surface area contributed by atoms with Gasteiger partial charge in [0.2, 0.25) is 5.91 Å². The minimum atomic E-state index is -0.561. The monoisotopic (exact) mass is 349 g/mol. The molecule has 2 atom stereocenters. The lowest BCUT2D eigenvalue weighted by Crippen LogP contribution is -2.46. The van der Waals surface area contributed by atoms with E-state index in [0.29, 0.717) is 23.8 Å². The van der Waals surface area contributed by atoms with Crippen molar-refractivity contribution in [1.82, 2.24) is 15.8 Å². The Labute approximate surface area is 145 Å². The van der Waals surface area contributed by atoms with Crippen molar-refractivity contribution in [3.8, 4) is 0 Å². The van der Waals surface area contributed by atoms with Crippen molar-refractivity contribution < 1.29 is 9.59 Å². The maximum atomic E-state index is 12.1. The van der Waals surface area contributed by atoms with E-state index in [1.807, 2.05) is 4.90 Å². The van der Waals surface area contributed by atoms with Gasteiger partial charge in [-0.3, -0.25) is 15.0 Å². The molecule has 0 radical (unpaired) electrons. The Morgan fingerprint density at radius 1 is 1.25 bits per heavy atom. The quantitative estimate of drug-likeness (QED) is 0.819. The van der Waals surface area contributed by atoms with Crippen molar-refractivity contribution in [2.24, 2.45) is 16.1 Å². The van der Waals surface area contributed by atoms with E-state index in [4.69, 9.17) is 11.6 Å². The van der Waals surface area contributed by atoms with Crippen molar-refractivity contribution in [2.45, 2.75) is 31.8 Å². The first-order valence-corrected chi connectivity index (χ1v) is 8.39. The normalized spacial score (nSPS) is 25.2. The second kappa shape index (κ2) is 7.27. The molecule has 1 aromatic carbocycles. The van der Waals surface area contributed by atoms with Crippen LogP contribution in [0.1, 0.15) is 19.8 Å².